The molecule has 1 heterocycles. The normalized spacial score (nSPS) is 14.7. The van der Waals surface area contributed by atoms with Crippen LogP contribution in [0.25, 0.3) is 0 Å². The quantitative estimate of drug-likeness (QED) is 0.793. The average molecular weight is 254 g/mol. The van der Waals surface area contributed by atoms with E-state index in [4.69, 9.17) is 10.5 Å². The minimum absolute atomic E-state index is 0.305. The van der Waals surface area contributed by atoms with E-state index in [9.17, 15) is 4.79 Å². The summed E-state index contributed by atoms with van der Waals surface area (Å²) in [6, 6.07) is 0. The molecular weight excluding hydrogens is 236 g/mol. The van der Waals surface area contributed by atoms with E-state index in [1.54, 1.807) is 6.92 Å². The van der Waals surface area contributed by atoms with Crippen LogP contribution in [0.3, 0.4) is 0 Å². The first-order valence-electron chi connectivity index (χ1n) is 6.02. The zero-order valence-corrected chi connectivity index (χ0v) is 11.0. The zero-order valence-electron chi connectivity index (χ0n) is 10.2. The summed E-state index contributed by atoms with van der Waals surface area (Å²) in [7, 11) is 0. The highest BCUT2D eigenvalue weighted by Gasteiger charge is 2.33. The van der Waals surface area contributed by atoms with E-state index >= 15 is 0 Å². The highest BCUT2D eigenvalue weighted by Crippen LogP contribution is 2.50. The van der Waals surface area contributed by atoms with Crippen molar-refractivity contribution in [2.24, 2.45) is 0 Å². The monoisotopic (exact) mass is 254 g/mol. The van der Waals surface area contributed by atoms with Gasteiger partial charge in [0.2, 0.25) is 0 Å². The summed E-state index contributed by atoms with van der Waals surface area (Å²) in [5.41, 5.74) is 7.82. The van der Waals surface area contributed by atoms with Gasteiger partial charge < -0.3 is 15.8 Å². The molecule has 1 aromatic rings. The molecule has 0 saturated heterocycles. The standard InChI is InChI=1S/C12H18N2O2S/c1-3-14-11-8(7-5-6-7)9(13)10(17-11)12(15)16-4-2/h7,14H,3-6,13H2,1-2H3. The summed E-state index contributed by atoms with van der Waals surface area (Å²) in [5.74, 6) is 0.226. The molecule has 94 valence electrons. The van der Waals surface area contributed by atoms with Crippen molar-refractivity contribution in [2.45, 2.75) is 32.6 Å². The van der Waals surface area contributed by atoms with E-state index < -0.39 is 0 Å². The Hall–Kier alpha value is -1.23. The fraction of sp³-hybridized carbons (Fsp3) is 0.583. The minimum atomic E-state index is -0.305. The Bertz CT molecular complexity index is 424. The number of carbonyl (C=O) groups is 1. The lowest BCUT2D eigenvalue weighted by Gasteiger charge is -2.04. The summed E-state index contributed by atoms with van der Waals surface area (Å²) in [5, 5.41) is 4.32. The molecule has 0 unspecified atom stereocenters. The first-order chi connectivity index (χ1) is 8.19. The number of nitrogens with two attached hydrogens (primary N) is 1. The number of carbonyl (C=O) groups excluding carboxylic acids is 1. The summed E-state index contributed by atoms with van der Waals surface area (Å²) in [6.45, 7) is 5.05. The lowest BCUT2D eigenvalue weighted by molar-refractivity contribution is 0.0533. The van der Waals surface area contributed by atoms with Crippen LogP contribution in [-0.2, 0) is 4.74 Å². The topological polar surface area (TPSA) is 64.3 Å². The fourth-order valence-corrected chi connectivity index (χ4v) is 3.04. The Kier molecular flexibility index (Phi) is 3.57. The first kappa shape index (κ1) is 12.2. The van der Waals surface area contributed by atoms with Crippen LogP contribution in [0.4, 0.5) is 10.7 Å². The maximum atomic E-state index is 11.8. The molecule has 1 saturated carbocycles. The molecule has 0 atom stereocenters. The molecule has 0 bridgehead atoms. The van der Waals surface area contributed by atoms with Gasteiger partial charge in [-0.2, -0.15) is 0 Å². The Morgan fingerprint density at radius 3 is 2.76 bits per heavy atom. The maximum absolute atomic E-state index is 11.8. The lowest BCUT2D eigenvalue weighted by atomic mass is 10.1. The predicted octanol–water partition coefficient (Wildman–Crippen LogP) is 2.82. The van der Waals surface area contributed by atoms with Crippen molar-refractivity contribution in [2.75, 3.05) is 24.2 Å². The van der Waals surface area contributed by atoms with Gasteiger partial charge in [-0.3, -0.25) is 0 Å². The van der Waals surface area contributed by atoms with Gasteiger partial charge in [-0.05, 0) is 32.6 Å². The van der Waals surface area contributed by atoms with E-state index in [2.05, 4.69) is 5.32 Å². The largest absolute Gasteiger partial charge is 0.462 e. The average Bonchev–Trinajstić information content (AvgIpc) is 3.06. The number of ether oxygens (including phenoxy) is 1. The van der Waals surface area contributed by atoms with Crippen LogP contribution in [-0.4, -0.2) is 19.1 Å². The molecule has 3 N–H and O–H groups in total. The molecule has 0 aliphatic heterocycles. The molecule has 17 heavy (non-hydrogen) atoms. The molecule has 2 rings (SSSR count). The molecule has 0 radical (unpaired) electrons. The van der Waals surface area contributed by atoms with Crippen molar-refractivity contribution >= 4 is 28.0 Å². The molecule has 0 amide bonds. The number of hydrogen-bond donors (Lipinski definition) is 2. The van der Waals surface area contributed by atoms with Gasteiger partial charge in [-0.15, -0.1) is 11.3 Å². The SMILES string of the molecule is CCNc1sc(C(=O)OCC)c(N)c1C1CC1. The van der Waals surface area contributed by atoms with Crippen molar-refractivity contribution in [3.05, 3.63) is 10.4 Å². The Balaban J connectivity index is 2.33. The van der Waals surface area contributed by atoms with Gasteiger partial charge in [0, 0.05) is 12.1 Å². The minimum Gasteiger partial charge on any atom is -0.462 e. The number of thiophene rings is 1. The second-order valence-corrected chi connectivity index (χ2v) is 5.13. The van der Waals surface area contributed by atoms with Crippen LogP contribution in [0, 0.1) is 0 Å². The van der Waals surface area contributed by atoms with Crippen LogP contribution in [0.2, 0.25) is 0 Å². The lowest BCUT2D eigenvalue weighted by Crippen LogP contribution is -2.05. The number of hydrogen-bond acceptors (Lipinski definition) is 5. The van der Waals surface area contributed by atoms with Gasteiger partial charge in [-0.25, -0.2) is 4.79 Å². The highest BCUT2D eigenvalue weighted by atomic mass is 32.1. The van der Waals surface area contributed by atoms with Crippen molar-refractivity contribution in [1.29, 1.82) is 0 Å². The Morgan fingerprint density at radius 2 is 2.24 bits per heavy atom. The number of rotatable bonds is 5. The fourth-order valence-electron chi connectivity index (χ4n) is 1.87. The van der Waals surface area contributed by atoms with Gasteiger partial charge in [0.15, 0.2) is 0 Å². The van der Waals surface area contributed by atoms with E-state index in [1.165, 1.54) is 24.2 Å². The molecule has 0 aromatic carbocycles. The predicted molar refractivity (Wildman–Crippen MR) is 70.8 cm³/mol. The smallest absolute Gasteiger partial charge is 0.350 e. The number of nitrogens with one attached hydrogen (secondary N) is 1. The number of anilines is 2. The highest BCUT2D eigenvalue weighted by molar-refractivity contribution is 7.18. The molecule has 0 spiro atoms. The molecule has 1 fully saturated rings. The first-order valence-corrected chi connectivity index (χ1v) is 6.83. The molecule has 1 aliphatic rings. The van der Waals surface area contributed by atoms with Gasteiger partial charge in [0.05, 0.1) is 17.3 Å². The Morgan fingerprint density at radius 1 is 1.53 bits per heavy atom. The zero-order chi connectivity index (χ0) is 12.4. The summed E-state index contributed by atoms with van der Waals surface area (Å²) < 4.78 is 5.02. The summed E-state index contributed by atoms with van der Waals surface area (Å²) in [4.78, 5) is 12.3. The maximum Gasteiger partial charge on any atom is 0.350 e. The summed E-state index contributed by atoms with van der Waals surface area (Å²) >= 11 is 1.42. The molecule has 1 aliphatic carbocycles. The van der Waals surface area contributed by atoms with E-state index in [0.29, 0.717) is 23.1 Å². The Labute approximate surface area is 105 Å². The second-order valence-electron chi connectivity index (χ2n) is 4.11. The molecule has 5 heteroatoms. The number of nitrogen functional groups attached to an aromatic ring is 1. The van der Waals surface area contributed by atoms with Crippen LogP contribution in [0.15, 0.2) is 0 Å². The van der Waals surface area contributed by atoms with Crippen LogP contribution in [0.1, 0.15) is 47.8 Å². The second kappa shape index (κ2) is 4.96. The molecule has 4 nitrogen and oxygen atoms in total. The van der Waals surface area contributed by atoms with Crippen LogP contribution < -0.4 is 11.1 Å². The third-order valence-electron chi connectivity index (χ3n) is 2.77. The van der Waals surface area contributed by atoms with Gasteiger partial charge in [0.1, 0.15) is 4.88 Å². The van der Waals surface area contributed by atoms with E-state index in [1.807, 2.05) is 6.92 Å². The van der Waals surface area contributed by atoms with Gasteiger partial charge >= 0.3 is 5.97 Å². The third-order valence-corrected chi connectivity index (χ3v) is 3.93. The van der Waals surface area contributed by atoms with Crippen LogP contribution >= 0.6 is 11.3 Å². The van der Waals surface area contributed by atoms with E-state index in [0.717, 1.165) is 17.1 Å². The summed E-state index contributed by atoms with van der Waals surface area (Å²) in [6.07, 6.45) is 2.34. The van der Waals surface area contributed by atoms with Gasteiger partial charge in [0.25, 0.3) is 0 Å². The molecule has 1 aromatic heterocycles. The van der Waals surface area contributed by atoms with Crippen molar-refractivity contribution in [3.63, 3.8) is 0 Å². The van der Waals surface area contributed by atoms with Crippen molar-refractivity contribution < 1.29 is 9.53 Å². The van der Waals surface area contributed by atoms with E-state index in [-0.39, 0.29) is 5.97 Å². The third kappa shape index (κ3) is 2.39. The molecular formula is C12H18N2O2S. The van der Waals surface area contributed by atoms with Crippen molar-refractivity contribution in [1.82, 2.24) is 0 Å². The van der Waals surface area contributed by atoms with Gasteiger partial charge in [-0.1, -0.05) is 0 Å². The number of esters is 1. The van der Waals surface area contributed by atoms with Crippen LogP contribution in [0.5, 0.6) is 0 Å². The van der Waals surface area contributed by atoms with Crippen molar-refractivity contribution in [3.8, 4) is 0 Å².